The summed E-state index contributed by atoms with van der Waals surface area (Å²) in [5.74, 6) is 0. The molecule has 31 heavy (non-hydrogen) atoms. The number of urea groups is 1. The molecule has 0 fully saturated rings. The number of aliphatic hydroxyl groups excluding tert-OH is 1. The van der Waals surface area contributed by atoms with Gasteiger partial charge in [0.25, 0.3) is 0 Å². The highest BCUT2D eigenvalue weighted by molar-refractivity contribution is 7.93. The second kappa shape index (κ2) is 7.63. The number of nitrogens with two attached hydrogens (primary N) is 1. The molecular formula is C21H28N4O4S2. The van der Waals surface area contributed by atoms with Crippen LogP contribution in [0.4, 0.5) is 10.5 Å². The molecule has 4 rings (SSSR count). The zero-order valence-corrected chi connectivity index (χ0v) is 19.5. The average Bonchev–Trinajstić information content (AvgIpc) is 3.41. The summed E-state index contributed by atoms with van der Waals surface area (Å²) in [4.78, 5) is 17.7. The molecule has 168 valence electrons. The van der Waals surface area contributed by atoms with E-state index in [0.717, 1.165) is 71.6 Å². The van der Waals surface area contributed by atoms with Crippen LogP contribution in [0.3, 0.4) is 0 Å². The smallest absolute Gasteiger partial charge is 0.354 e. The monoisotopic (exact) mass is 464 g/mol. The Balaban J connectivity index is 1.67. The maximum Gasteiger partial charge on any atom is 0.354 e. The predicted molar refractivity (Wildman–Crippen MR) is 121 cm³/mol. The number of amides is 2. The fourth-order valence-corrected chi connectivity index (χ4v) is 6.52. The minimum Gasteiger partial charge on any atom is -0.393 e. The van der Waals surface area contributed by atoms with E-state index in [0.29, 0.717) is 5.56 Å². The molecule has 5 N–H and O–H groups in total. The topological polar surface area (TPSA) is 138 Å². The molecule has 2 aromatic rings. The number of nitrogens with one attached hydrogen (secondary N) is 1. The highest BCUT2D eigenvalue weighted by atomic mass is 32.2. The quantitative estimate of drug-likeness (QED) is 0.551. The van der Waals surface area contributed by atoms with Gasteiger partial charge in [0, 0.05) is 11.1 Å². The van der Waals surface area contributed by atoms with Gasteiger partial charge in [0.1, 0.15) is 9.81 Å². The third-order valence-corrected chi connectivity index (χ3v) is 9.07. The number of carbonyl (C=O) groups is 1. The van der Waals surface area contributed by atoms with E-state index in [2.05, 4.69) is 23.5 Å². The second-order valence-electron chi connectivity index (χ2n) is 9.15. The van der Waals surface area contributed by atoms with E-state index in [-0.39, 0.29) is 9.62 Å². The molecule has 0 spiro atoms. The highest BCUT2D eigenvalue weighted by Crippen LogP contribution is 2.44. The number of aryl methyl sites for hydroxylation is 1. The molecule has 0 saturated carbocycles. The van der Waals surface area contributed by atoms with Crippen LogP contribution in [0.1, 0.15) is 61.7 Å². The van der Waals surface area contributed by atoms with Crippen molar-refractivity contribution in [3.05, 3.63) is 39.5 Å². The Morgan fingerprint density at radius 3 is 2.84 bits per heavy atom. The van der Waals surface area contributed by atoms with Gasteiger partial charge in [0.2, 0.25) is 0 Å². The number of fused-ring (bicyclic) bond motifs is 2. The summed E-state index contributed by atoms with van der Waals surface area (Å²) >= 11 is 1.03. The third kappa shape index (κ3) is 4.03. The van der Waals surface area contributed by atoms with Gasteiger partial charge in [-0.15, -0.1) is 15.7 Å². The number of aliphatic hydroxyl groups is 2. The molecule has 0 aliphatic heterocycles. The molecule has 0 bridgehead atoms. The lowest BCUT2D eigenvalue weighted by Gasteiger charge is -2.20. The van der Waals surface area contributed by atoms with Gasteiger partial charge in [-0.1, -0.05) is 13.8 Å². The summed E-state index contributed by atoms with van der Waals surface area (Å²) < 4.78 is 16.9. The van der Waals surface area contributed by atoms with Crippen LogP contribution in [0.5, 0.6) is 0 Å². The highest BCUT2D eigenvalue weighted by Gasteiger charge is 2.36. The number of nitrogens with zero attached hydrogens (tertiary/aromatic N) is 2. The standard InChI is InChI=1S/C21H28N4O4S2/c1-20(2)8-7-14-17(13-5-4-6-15(13)23-18(14)20)24-19(27)25-31(22,29)16-9-12(10-30-16)21(3,28)11-26/h9-10,26,28H,4-8,11H2,1-3H3,(H3,22,23,24,25,27,29). The van der Waals surface area contributed by atoms with E-state index in [1.165, 1.54) is 13.0 Å². The number of hydrogen-bond donors (Lipinski definition) is 4. The van der Waals surface area contributed by atoms with Crippen LogP contribution in [0.25, 0.3) is 0 Å². The van der Waals surface area contributed by atoms with Crippen LogP contribution >= 0.6 is 11.3 Å². The van der Waals surface area contributed by atoms with E-state index >= 15 is 0 Å². The predicted octanol–water partition coefficient (Wildman–Crippen LogP) is 2.99. The molecule has 10 heteroatoms. The Bertz CT molecular complexity index is 1180. The fraction of sp³-hybridized carbons (Fsp3) is 0.524. The van der Waals surface area contributed by atoms with E-state index in [4.69, 9.17) is 10.1 Å². The number of hydrogen-bond acceptors (Lipinski definition) is 6. The first-order valence-electron chi connectivity index (χ1n) is 10.3. The van der Waals surface area contributed by atoms with Crippen molar-refractivity contribution in [1.29, 1.82) is 0 Å². The van der Waals surface area contributed by atoms with Crippen molar-refractivity contribution in [3.8, 4) is 0 Å². The normalized spacial score (nSPS) is 20.5. The summed E-state index contributed by atoms with van der Waals surface area (Å²) in [5.41, 5.74) is 3.70. The van der Waals surface area contributed by atoms with E-state index in [9.17, 15) is 19.2 Å². The van der Waals surface area contributed by atoms with Crippen molar-refractivity contribution in [2.45, 2.75) is 68.1 Å². The van der Waals surface area contributed by atoms with Crippen molar-refractivity contribution in [3.63, 3.8) is 0 Å². The first kappa shape index (κ1) is 22.3. The SMILES string of the molecule is CC1(C)CCc2c1nc1c(c2NC(=O)N=S(N)(=O)c2cc(C(C)(O)CO)cs2)CCC1. The molecule has 0 saturated heterocycles. The van der Waals surface area contributed by atoms with Crippen molar-refractivity contribution < 1.29 is 19.2 Å². The molecule has 8 nitrogen and oxygen atoms in total. The maximum atomic E-state index is 13.0. The Morgan fingerprint density at radius 1 is 1.39 bits per heavy atom. The Labute approximate surface area is 186 Å². The number of pyridine rings is 1. The van der Waals surface area contributed by atoms with Crippen molar-refractivity contribution in [2.24, 2.45) is 9.50 Å². The van der Waals surface area contributed by atoms with E-state index in [1.54, 1.807) is 5.38 Å². The molecular weight excluding hydrogens is 436 g/mol. The molecule has 2 atom stereocenters. The van der Waals surface area contributed by atoms with Crippen LogP contribution in [0.15, 0.2) is 20.0 Å². The summed E-state index contributed by atoms with van der Waals surface area (Å²) in [6.45, 7) is 5.26. The average molecular weight is 465 g/mol. The minimum absolute atomic E-state index is 0.0536. The minimum atomic E-state index is -3.51. The Hall–Kier alpha value is -1.85. The van der Waals surface area contributed by atoms with Crippen molar-refractivity contribution in [1.82, 2.24) is 4.98 Å². The first-order valence-corrected chi connectivity index (χ1v) is 12.7. The molecule has 0 aromatic carbocycles. The molecule has 2 aromatic heterocycles. The fourth-order valence-electron chi connectivity index (χ4n) is 4.27. The Morgan fingerprint density at radius 2 is 2.13 bits per heavy atom. The molecule has 2 heterocycles. The van der Waals surface area contributed by atoms with Gasteiger partial charge in [-0.2, -0.15) is 0 Å². The van der Waals surface area contributed by atoms with Gasteiger partial charge in [0.05, 0.1) is 18.0 Å². The lowest BCUT2D eigenvalue weighted by Crippen LogP contribution is -2.25. The largest absolute Gasteiger partial charge is 0.393 e. The van der Waals surface area contributed by atoms with Crippen LogP contribution < -0.4 is 10.5 Å². The number of rotatable bonds is 4. The van der Waals surface area contributed by atoms with Crippen molar-refractivity contribution >= 4 is 33.0 Å². The first-order chi connectivity index (χ1) is 14.4. The zero-order chi connectivity index (χ0) is 22.6. The van der Waals surface area contributed by atoms with Crippen LogP contribution in [0, 0.1) is 0 Å². The Kier molecular flexibility index (Phi) is 5.50. The van der Waals surface area contributed by atoms with Gasteiger partial charge in [-0.3, -0.25) is 4.98 Å². The van der Waals surface area contributed by atoms with Gasteiger partial charge in [0.15, 0.2) is 9.92 Å². The number of aromatic nitrogens is 1. The van der Waals surface area contributed by atoms with Crippen LogP contribution in [-0.2, 0) is 40.2 Å². The number of anilines is 1. The number of carbonyl (C=O) groups excluding carboxylic acids is 1. The van der Waals surface area contributed by atoms with Gasteiger partial charge >= 0.3 is 6.03 Å². The van der Waals surface area contributed by atoms with Crippen LogP contribution in [-0.4, -0.2) is 32.0 Å². The molecule has 2 aliphatic carbocycles. The molecule has 0 radical (unpaired) electrons. The lowest BCUT2D eigenvalue weighted by molar-refractivity contribution is -0.00203. The second-order valence-corrected chi connectivity index (χ2v) is 12.1. The van der Waals surface area contributed by atoms with Gasteiger partial charge in [-0.05, 0) is 67.2 Å². The zero-order valence-electron chi connectivity index (χ0n) is 17.9. The lowest BCUT2D eigenvalue weighted by atomic mass is 9.90. The summed E-state index contributed by atoms with van der Waals surface area (Å²) in [6, 6.07) is 0.660. The molecule has 2 unspecified atom stereocenters. The van der Waals surface area contributed by atoms with Crippen LogP contribution in [0.2, 0.25) is 0 Å². The summed E-state index contributed by atoms with van der Waals surface area (Å²) in [6.07, 6.45) is 4.49. The van der Waals surface area contributed by atoms with Crippen molar-refractivity contribution in [2.75, 3.05) is 11.9 Å². The molecule has 2 aliphatic rings. The van der Waals surface area contributed by atoms with Gasteiger partial charge in [-0.25, -0.2) is 14.1 Å². The summed E-state index contributed by atoms with van der Waals surface area (Å²) in [7, 11) is -3.51. The number of thiophene rings is 1. The maximum absolute atomic E-state index is 13.0. The third-order valence-electron chi connectivity index (χ3n) is 6.21. The molecule has 2 amide bonds. The van der Waals surface area contributed by atoms with Gasteiger partial charge < -0.3 is 15.5 Å². The van der Waals surface area contributed by atoms with E-state index < -0.39 is 28.2 Å². The summed E-state index contributed by atoms with van der Waals surface area (Å²) in [5, 5.41) is 29.8. The van der Waals surface area contributed by atoms with E-state index in [1.807, 2.05) is 0 Å².